The summed E-state index contributed by atoms with van der Waals surface area (Å²) in [5.41, 5.74) is 5.49. The molecule has 0 amide bonds. The van der Waals surface area contributed by atoms with Crippen LogP contribution in [0.3, 0.4) is 0 Å². The zero-order valence-electron chi connectivity index (χ0n) is 9.41. The predicted octanol–water partition coefficient (Wildman–Crippen LogP) is 0.976. The minimum absolute atomic E-state index is 0.100. The first-order chi connectivity index (χ1) is 7.10. The molecule has 0 spiro atoms. The number of hydrogen-bond donors (Lipinski definition) is 2. The molecule has 0 aromatic rings. The largest absolute Gasteiger partial charge is 0.329 e. The fourth-order valence-electron chi connectivity index (χ4n) is 2.00. The van der Waals surface area contributed by atoms with Crippen LogP contribution in [-0.2, 0) is 10.0 Å². The van der Waals surface area contributed by atoms with Crippen LogP contribution < -0.4 is 10.5 Å². The van der Waals surface area contributed by atoms with Crippen LogP contribution in [0.1, 0.15) is 45.4 Å². The zero-order valence-corrected chi connectivity index (χ0v) is 10.2. The Balaban J connectivity index is 2.56. The van der Waals surface area contributed by atoms with Crippen molar-refractivity contribution in [3.05, 3.63) is 0 Å². The highest BCUT2D eigenvalue weighted by Gasteiger charge is 2.28. The molecule has 90 valence electrons. The van der Waals surface area contributed by atoms with E-state index in [1.165, 1.54) is 6.42 Å². The molecule has 5 heteroatoms. The van der Waals surface area contributed by atoms with Crippen LogP contribution in [0.2, 0.25) is 0 Å². The first kappa shape index (κ1) is 12.9. The van der Waals surface area contributed by atoms with Gasteiger partial charge in [-0.05, 0) is 19.3 Å². The molecule has 1 rings (SSSR count). The van der Waals surface area contributed by atoms with Gasteiger partial charge in [-0.1, -0.05) is 26.2 Å². The Morgan fingerprint density at radius 2 is 1.93 bits per heavy atom. The van der Waals surface area contributed by atoms with Gasteiger partial charge in [-0.15, -0.1) is 0 Å². The van der Waals surface area contributed by atoms with Crippen LogP contribution in [0.4, 0.5) is 0 Å². The number of rotatable bonds is 5. The Morgan fingerprint density at radius 1 is 1.33 bits per heavy atom. The van der Waals surface area contributed by atoms with Gasteiger partial charge in [-0.3, -0.25) is 0 Å². The average molecular weight is 234 g/mol. The fraction of sp³-hybridized carbons (Fsp3) is 1.00. The van der Waals surface area contributed by atoms with Crippen molar-refractivity contribution in [2.24, 2.45) is 5.73 Å². The van der Waals surface area contributed by atoms with E-state index in [0.717, 1.165) is 32.1 Å². The van der Waals surface area contributed by atoms with Crippen molar-refractivity contribution < 1.29 is 8.42 Å². The number of nitrogens with two attached hydrogens (primary N) is 1. The molecule has 0 saturated heterocycles. The molecule has 0 aromatic carbocycles. The Kier molecular flexibility index (Phi) is 5.02. The molecule has 1 aliphatic carbocycles. The maximum atomic E-state index is 11.9. The number of nitrogens with one attached hydrogen (secondary N) is 1. The second-order valence-corrected chi connectivity index (χ2v) is 6.26. The quantitative estimate of drug-likeness (QED) is 0.744. The highest BCUT2D eigenvalue weighted by molar-refractivity contribution is 7.90. The van der Waals surface area contributed by atoms with E-state index in [1.807, 2.05) is 6.92 Å². The Bertz CT molecular complexity index is 267. The molecule has 0 bridgehead atoms. The molecule has 0 radical (unpaired) electrons. The van der Waals surface area contributed by atoms with E-state index in [1.54, 1.807) is 0 Å². The van der Waals surface area contributed by atoms with Crippen molar-refractivity contribution in [2.75, 3.05) is 6.54 Å². The van der Waals surface area contributed by atoms with Gasteiger partial charge in [0.15, 0.2) is 0 Å². The van der Waals surface area contributed by atoms with E-state index in [-0.39, 0.29) is 11.3 Å². The standard InChI is InChI=1S/C10H22N2O2S/c1-2-9(8-11)12-15(13,14)10-6-4-3-5-7-10/h9-10,12H,2-8,11H2,1H3. The molecular formula is C10H22N2O2S. The summed E-state index contributed by atoms with van der Waals surface area (Å²) >= 11 is 0. The lowest BCUT2D eigenvalue weighted by Crippen LogP contribution is -2.44. The van der Waals surface area contributed by atoms with Crippen LogP contribution in [0.15, 0.2) is 0 Å². The minimum atomic E-state index is -3.14. The molecule has 15 heavy (non-hydrogen) atoms. The number of hydrogen-bond acceptors (Lipinski definition) is 3. The third kappa shape index (κ3) is 3.74. The van der Waals surface area contributed by atoms with Gasteiger partial charge in [0.2, 0.25) is 10.0 Å². The Labute approximate surface area is 92.7 Å². The van der Waals surface area contributed by atoms with Crippen molar-refractivity contribution in [3.63, 3.8) is 0 Å². The first-order valence-corrected chi connectivity index (χ1v) is 7.36. The maximum Gasteiger partial charge on any atom is 0.214 e. The van der Waals surface area contributed by atoms with Gasteiger partial charge in [0, 0.05) is 12.6 Å². The average Bonchev–Trinajstić information content (AvgIpc) is 2.27. The third-order valence-electron chi connectivity index (χ3n) is 3.10. The topological polar surface area (TPSA) is 72.2 Å². The van der Waals surface area contributed by atoms with E-state index < -0.39 is 10.0 Å². The summed E-state index contributed by atoms with van der Waals surface area (Å²) in [7, 11) is -3.14. The molecule has 1 unspecified atom stereocenters. The van der Waals surface area contributed by atoms with Gasteiger partial charge >= 0.3 is 0 Å². The molecule has 1 fully saturated rings. The predicted molar refractivity (Wildman–Crippen MR) is 62.1 cm³/mol. The van der Waals surface area contributed by atoms with Crippen molar-refractivity contribution in [2.45, 2.75) is 56.7 Å². The van der Waals surface area contributed by atoms with Crippen molar-refractivity contribution >= 4 is 10.0 Å². The minimum Gasteiger partial charge on any atom is -0.329 e. The third-order valence-corrected chi connectivity index (χ3v) is 5.11. The normalized spacial score (nSPS) is 21.5. The smallest absolute Gasteiger partial charge is 0.214 e. The van der Waals surface area contributed by atoms with E-state index in [9.17, 15) is 8.42 Å². The lowest BCUT2D eigenvalue weighted by Gasteiger charge is -2.24. The fourth-order valence-corrected chi connectivity index (χ4v) is 3.88. The van der Waals surface area contributed by atoms with E-state index in [0.29, 0.717) is 6.54 Å². The van der Waals surface area contributed by atoms with Gasteiger partial charge in [-0.2, -0.15) is 0 Å². The van der Waals surface area contributed by atoms with Crippen LogP contribution in [0.5, 0.6) is 0 Å². The summed E-state index contributed by atoms with van der Waals surface area (Å²) in [6.45, 7) is 2.32. The SMILES string of the molecule is CCC(CN)NS(=O)(=O)C1CCCCC1. The van der Waals surface area contributed by atoms with Gasteiger partial charge < -0.3 is 5.73 Å². The van der Waals surface area contributed by atoms with Gasteiger partial charge in [0.05, 0.1) is 5.25 Å². The Morgan fingerprint density at radius 3 is 2.40 bits per heavy atom. The van der Waals surface area contributed by atoms with Crippen molar-refractivity contribution in [1.29, 1.82) is 0 Å². The van der Waals surface area contributed by atoms with E-state index in [4.69, 9.17) is 5.73 Å². The lowest BCUT2D eigenvalue weighted by atomic mass is 10.0. The summed E-state index contributed by atoms with van der Waals surface area (Å²) in [6.07, 6.45) is 5.59. The highest BCUT2D eigenvalue weighted by Crippen LogP contribution is 2.23. The van der Waals surface area contributed by atoms with E-state index in [2.05, 4.69) is 4.72 Å². The highest BCUT2D eigenvalue weighted by atomic mass is 32.2. The molecular weight excluding hydrogens is 212 g/mol. The summed E-state index contributed by atoms with van der Waals surface area (Å²) in [5.74, 6) is 0. The molecule has 0 aromatic heterocycles. The molecule has 3 N–H and O–H groups in total. The molecule has 1 aliphatic rings. The summed E-state index contributed by atoms with van der Waals surface area (Å²) < 4.78 is 26.6. The van der Waals surface area contributed by atoms with Crippen LogP contribution >= 0.6 is 0 Å². The second kappa shape index (κ2) is 5.82. The monoisotopic (exact) mass is 234 g/mol. The first-order valence-electron chi connectivity index (χ1n) is 5.81. The molecule has 0 heterocycles. The van der Waals surface area contributed by atoms with Crippen LogP contribution in [-0.4, -0.2) is 26.3 Å². The maximum absolute atomic E-state index is 11.9. The summed E-state index contributed by atoms with van der Waals surface area (Å²) in [5, 5.41) is -0.188. The molecule has 0 aliphatic heterocycles. The van der Waals surface area contributed by atoms with Crippen molar-refractivity contribution in [3.8, 4) is 0 Å². The van der Waals surface area contributed by atoms with Gasteiger partial charge in [-0.25, -0.2) is 13.1 Å². The van der Waals surface area contributed by atoms with Crippen LogP contribution in [0, 0.1) is 0 Å². The molecule has 4 nitrogen and oxygen atoms in total. The summed E-state index contributed by atoms with van der Waals surface area (Å²) in [6, 6.07) is -0.100. The molecule has 1 saturated carbocycles. The number of sulfonamides is 1. The van der Waals surface area contributed by atoms with E-state index >= 15 is 0 Å². The van der Waals surface area contributed by atoms with Gasteiger partial charge in [0.25, 0.3) is 0 Å². The second-order valence-electron chi connectivity index (χ2n) is 4.26. The van der Waals surface area contributed by atoms with Crippen LogP contribution in [0.25, 0.3) is 0 Å². The van der Waals surface area contributed by atoms with Crippen molar-refractivity contribution in [1.82, 2.24) is 4.72 Å². The zero-order chi connectivity index (χ0) is 11.3. The van der Waals surface area contributed by atoms with Gasteiger partial charge in [0.1, 0.15) is 0 Å². The molecule has 1 atom stereocenters. The Hall–Kier alpha value is -0.130. The summed E-state index contributed by atoms with van der Waals surface area (Å²) in [4.78, 5) is 0. The lowest BCUT2D eigenvalue weighted by molar-refractivity contribution is 0.468.